The van der Waals surface area contributed by atoms with Crippen molar-refractivity contribution in [1.82, 2.24) is 0 Å². The van der Waals surface area contributed by atoms with Crippen molar-refractivity contribution < 1.29 is 13.5 Å². The van der Waals surface area contributed by atoms with Crippen LogP contribution in [0, 0.1) is 6.92 Å². The number of halogens is 3. The number of hydrogen-bond acceptors (Lipinski definition) is 2. The van der Waals surface area contributed by atoms with Gasteiger partial charge in [0.05, 0.1) is 11.6 Å². The minimum Gasteiger partial charge on any atom is -0.494 e. The molecule has 0 saturated heterocycles. The molecule has 0 saturated carbocycles. The van der Waals surface area contributed by atoms with Crippen LogP contribution in [-0.4, -0.2) is 7.11 Å². The van der Waals surface area contributed by atoms with Crippen LogP contribution in [-0.2, 0) is 0 Å². The van der Waals surface area contributed by atoms with Gasteiger partial charge in [-0.05, 0) is 22.9 Å². The molecular weight excluding hydrogens is 250 g/mol. The second kappa shape index (κ2) is 3.70. The molecule has 0 unspecified atom stereocenters. The molecule has 0 aliphatic carbocycles. The van der Waals surface area contributed by atoms with Gasteiger partial charge in [0.15, 0.2) is 5.75 Å². The predicted molar refractivity (Wildman–Crippen MR) is 48.3 cm³/mol. The van der Waals surface area contributed by atoms with E-state index in [2.05, 4.69) is 15.9 Å². The van der Waals surface area contributed by atoms with Gasteiger partial charge in [0, 0.05) is 4.88 Å². The molecule has 0 spiro atoms. The normalized spacial score (nSPS) is 10.8. The van der Waals surface area contributed by atoms with E-state index in [4.69, 9.17) is 4.74 Å². The topological polar surface area (TPSA) is 9.23 Å². The Kier molecular flexibility index (Phi) is 3.06. The van der Waals surface area contributed by atoms with Crippen molar-refractivity contribution in [3.05, 3.63) is 14.2 Å². The number of rotatable bonds is 2. The summed E-state index contributed by atoms with van der Waals surface area (Å²) in [4.78, 5) is 0.795. The van der Waals surface area contributed by atoms with E-state index in [9.17, 15) is 8.78 Å². The second-order valence-electron chi connectivity index (χ2n) is 2.17. The second-order valence-corrected chi connectivity index (χ2v) is 4.22. The molecule has 0 radical (unpaired) electrons. The van der Waals surface area contributed by atoms with Crippen molar-refractivity contribution >= 4 is 27.3 Å². The molecule has 68 valence electrons. The highest BCUT2D eigenvalue weighted by molar-refractivity contribution is 9.10. The molecular formula is C7H7BrF2OS. The monoisotopic (exact) mass is 256 g/mol. The standard InChI is InChI=1S/C7H7BrF2OS/c1-3-4(8)5(11-2)6(12-3)7(9)10/h7H,1-2H3. The fourth-order valence-electron chi connectivity index (χ4n) is 0.858. The maximum absolute atomic E-state index is 12.3. The fraction of sp³-hybridized carbons (Fsp3) is 0.429. The van der Waals surface area contributed by atoms with Gasteiger partial charge < -0.3 is 4.74 Å². The van der Waals surface area contributed by atoms with Crippen LogP contribution in [0.1, 0.15) is 16.2 Å². The predicted octanol–water partition coefficient (Wildman–Crippen LogP) is 3.77. The zero-order chi connectivity index (χ0) is 9.30. The summed E-state index contributed by atoms with van der Waals surface area (Å²) in [6.45, 7) is 1.77. The Labute approximate surface area is 81.5 Å². The van der Waals surface area contributed by atoms with Crippen LogP contribution < -0.4 is 4.74 Å². The van der Waals surface area contributed by atoms with Crippen molar-refractivity contribution in [2.45, 2.75) is 13.3 Å². The number of thiophene rings is 1. The van der Waals surface area contributed by atoms with E-state index in [0.717, 1.165) is 16.2 Å². The largest absolute Gasteiger partial charge is 0.494 e. The molecule has 1 nitrogen and oxygen atoms in total. The van der Waals surface area contributed by atoms with Gasteiger partial charge in [0.1, 0.15) is 4.88 Å². The Bertz CT molecular complexity index is 285. The van der Waals surface area contributed by atoms with Crippen molar-refractivity contribution in [3.8, 4) is 5.75 Å². The highest BCUT2D eigenvalue weighted by atomic mass is 79.9. The lowest BCUT2D eigenvalue weighted by Crippen LogP contribution is -1.86. The molecule has 1 aromatic rings. The van der Waals surface area contributed by atoms with E-state index in [1.54, 1.807) is 6.92 Å². The van der Waals surface area contributed by atoms with Crippen LogP contribution >= 0.6 is 27.3 Å². The number of ether oxygens (including phenoxy) is 1. The van der Waals surface area contributed by atoms with Crippen LogP contribution in [0.3, 0.4) is 0 Å². The summed E-state index contributed by atoms with van der Waals surface area (Å²) in [5.74, 6) is 0.257. The first-order chi connectivity index (χ1) is 5.57. The third-order valence-corrected chi connectivity index (χ3v) is 3.71. The number of alkyl halides is 2. The molecule has 0 fully saturated rings. The summed E-state index contributed by atoms with van der Waals surface area (Å²) < 4.78 is 30.1. The highest BCUT2D eigenvalue weighted by Crippen LogP contribution is 2.43. The average Bonchev–Trinajstić information content (AvgIpc) is 2.29. The van der Waals surface area contributed by atoms with Gasteiger partial charge in [-0.15, -0.1) is 11.3 Å². The molecule has 5 heteroatoms. The molecule has 0 aliphatic rings. The van der Waals surface area contributed by atoms with Crippen LogP contribution in [0.25, 0.3) is 0 Å². The van der Waals surface area contributed by atoms with Crippen molar-refractivity contribution in [2.75, 3.05) is 7.11 Å². The summed E-state index contributed by atoms with van der Waals surface area (Å²) in [7, 11) is 1.39. The summed E-state index contributed by atoms with van der Waals surface area (Å²) in [5, 5.41) is 0. The molecule has 12 heavy (non-hydrogen) atoms. The first kappa shape index (κ1) is 9.92. The molecule has 1 heterocycles. The Morgan fingerprint density at radius 2 is 2.08 bits per heavy atom. The maximum atomic E-state index is 12.3. The van der Waals surface area contributed by atoms with E-state index >= 15 is 0 Å². The summed E-state index contributed by atoms with van der Waals surface area (Å²) in [6, 6.07) is 0. The van der Waals surface area contributed by atoms with E-state index in [-0.39, 0.29) is 10.6 Å². The number of aryl methyl sites for hydroxylation is 1. The zero-order valence-corrected chi connectivity index (χ0v) is 8.93. The van der Waals surface area contributed by atoms with Gasteiger partial charge in [-0.25, -0.2) is 8.78 Å². The molecule has 1 rings (SSSR count). The summed E-state index contributed by atoms with van der Waals surface area (Å²) in [6.07, 6.45) is -2.46. The first-order valence-corrected chi connectivity index (χ1v) is 4.79. The lowest BCUT2D eigenvalue weighted by atomic mass is 10.4. The Hall–Kier alpha value is -0.160. The van der Waals surface area contributed by atoms with E-state index < -0.39 is 6.43 Å². The van der Waals surface area contributed by atoms with Crippen LogP contribution in [0.15, 0.2) is 4.47 Å². The third kappa shape index (κ3) is 1.61. The van der Waals surface area contributed by atoms with Gasteiger partial charge in [-0.3, -0.25) is 0 Å². The Morgan fingerprint density at radius 3 is 2.42 bits per heavy atom. The minimum atomic E-state index is -2.46. The Balaban J connectivity index is 3.20. The lowest BCUT2D eigenvalue weighted by molar-refractivity contribution is 0.151. The highest BCUT2D eigenvalue weighted by Gasteiger charge is 2.21. The number of methoxy groups -OCH3 is 1. The number of hydrogen-bond donors (Lipinski definition) is 0. The first-order valence-electron chi connectivity index (χ1n) is 3.18. The smallest absolute Gasteiger partial charge is 0.276 e. The molecule has 0 aromatic carbocycles. The van der Waals surface area contributed by atoms with Crippen LogP contribution in [0.4, 0.5) is 8.78 Å². The molecule has 1 aromatic heterocycles. The Morgan fingerprint density at radius 1 is 1.50 bits per heavy atom. The molecule has 0 amide bonds. The maximum Gasteiger partial charge on any atom is 0.276 e. The van der Waals surface area contributed by atoms with E-state index in [1.807, 2.05) is 0 Å². The van der Waals surface area contributed by atoms with Gasteiger partial charge in [-0.1, -0.05) is 0 Å². The van der Waals surface area contributed by atoms with E-state index in [0.29, 0.717) is 4.47 Å². The fourth-order valence-corrected chi connectivity index (χ4v) is 2.49. The van der Waals surface area contributed by atoms with Gasteiger partial charge in [0.2, 0.25) is 0 Å². The summed E-state index contributed by atoms with van der Waals surface area (Å²) in [5.41, 5.74) is 0. The molecule has 0 bridgehead atoms. The van der Waals surface area contributed by atoms with Gasteiger partial charge in [0.25, 0.3) is 6.43 Å². The van der Waals surface area contributed by atoms with Crippen LogP contribution in [0.2, 0.25) is 0 Å². The van der Waals surface area contributed by atoms with Crippen molar-refractivity contribution in [1.29, 1.82) is 0 Å². The lowest BCUT2D eigenvalue weighted by Gasteiger charge is -2.00. The van der Waals surface area contributed by atoms with Crippen molar-refractivity contribution in [3.63, 3.8) is 0 Å². The zero-order valence-electron chi connectivity index (χ0n) is 6.53. The molecule has 0 aliphatic heterocycles. The van der Waals surface area contributed by atoms with Crippen LogP contribution in [0.5, 0.6) is 5.75 Å². The molecule has 0 N–H and O–H groups in total. The quantitative estimate of drug-likeness (QED) is 0.783. The average molecular weight is 257 g/mol. The van der Waals surface area contributed by atoms with E-state index in [1.165, 1.54) is 7.11 Å². The third-order valence-electron chi connectivity index (χ3n) is 1.40. The van der Waals surface area contributed by atoms with Gasteiger partial charge in [-0.2, -0.15) is 0 Å². The summed E-state index contributed by atoms with van der Waals surface area (Å²) >= 11 is 4.23. The SMILES string of the molecule is COc1c(C(F)F)sc(C)c1Br. The van der Waals surface area contributed by atoms with Crippen molar-refractivity contribution in [2.24, 2.45) is 0 Å². The van der Waals surface area contributed by atoms with Gasteiger partial charge >= 0.3 is 0 Å². The molecule has 0 atom stereocenters. The minimum absolute atomic E-state index is 0.0122.